The van der Waals surface area contributed by atoms with E-state index in [9.17, 15) is 4.57 Å². The van der Waals surface area contributed by atoms with E-state index >= 15 is 0 Å². The van der Waals surface area contributed by atoms with Crippen molar-refractivity contribution in [2.75, 3.05) is 18.9 Å². The van der Waals surface area contributed by atoms with Crippen molar-refractivity contribution >= 4 is 7.29 Å². The topological polar surface area (TPSA) is 20.3 Å². The minimum atomic E-state index is -2.10. The quantitative estimate of drug-likeness (QED) is 0.517. The summed E-state index contributed by atoms with van der Waals surface area (Å²) in [5.41, 5.74) is 0. The summed E-state index contributed by atoms with van der Waals surface area (Å²) in [6, 6.07) is 0.412. The standard InChI is InChI=1S/C14H32NOP/c1-6-9-12-17(16,13-10-7-2)15(11-8-3)14(4)5/h14H,6-13H2,1-5H3. The molecule has 0 aromatic carbocycles. The van der Waals surface area contributed by atoms with Gasteiger partial charge in [0.25, 0.3) is 0 Å². The number of rotatable bonds is 10. The average molecular weight is 261 g/mol. The Morgan fingerprint density at radius 1 is 0.941 bits per heavy atom. The average Bonchev–Trinajstić information content (AvgIpc) is 2.30. The lowest BCUT2D eigenvalue weighted by Gasteiger charge is -2.35. The Labute approximate surface area is 109 Å². The van der Waals surface area contributed by atoms with Gasteiger partial charge in [-0.05, 0) is 33.1 Å². The van der Waals surface area contributed by atoms with E-state index in [4.69, 9.17) is 0 Å². The monoisotopic (exact) mass is 261 g/mol. The first-order chi connectivity index (χ1) is 8.01. The molecule has 0 radical (unpaired) electrons. The number of hydrogen-bond donors (Lipinski definition) is 0. The first-order valence-corrected chi connectivity index (χ1v) is 9.40. The highest BCUT2D eigenvalue weighted by Gasteiger charge is 2.30. The molecule has 0 fully saturated rings. The second-order valence-electron chi connectivity index (χ2n) is 5.26. The van der Waals surface area contributed by atoms with Crippen molar-refractivity contribution in [1.82, 2.24) is 4.67 Å². The van der Waals surface area contributed by atoms with E-state index in [0.717, 1.165) is 51.0 Å². The smallest absolute Gasteiger partial charge is 0.150 e. The molecule has 104 valence electrons. The summed E-state index contributed by atoms with van der Waals surface area (Å²) in [6.45, 7) is 11.9. The van der Waals surface area contributed by atoms with E-state index in [2.05, 4.69) is 39.3 Å². The zero-order valence-corrected chi connectivity index (χ0v) is 13.4. The molecule has 0 aromatic rings. The van der Waals surface area contributed by atoms with Gasteiger partial charge in [-0.3, -0.25) is 4.67 Å². The van der Waals surface area contributed by atoms with Gasteiger partial charge in [-0.25, -0.2) is 0 Å². The van der Waals surface area contributed by atoms with Gasteiger partial charge in [0.1, 0.15) is 0 Å². The zero-order valence-electron chi connectivity index (χ0n) is 12.5. The molecule has 0 aliphatic carbocycles. The maximum absolute atomic E-state index is 13.2. The van der Waals surface area contributed by atoms with E-state index in [-0.39, 0.29) is 0 Å². The highest BCUT2D eigenvalue weighted by Crippen LogP contribution is 2.52. The lowest BCUT2D eigenvalue weighted by Crippen LogP contribution is -2.31. The third-order valence-corrected chi connectivity index (χ3v) is 6.87. The number of hydrogen-bond acceptors (Lipinski definition) is 1. The van der Waals surface area contributed by atoms with Crippen molar-refractivity contribution in [3.63, 3.8) is 0 Å². The van der Waals surface area contributed by atoms with E-state index < -0.39 is 7.29 Å². The molecule has 0 amide bonds. The van der Waals surface area contributed by atoms with Crippen LogP contribution >= 0.6 is 7.29 Å². The summed E-state index contributed by atoms with van der Waals surface area (Å²) in [5.74, 6) is 0. The Morgan fingerprint density at radius 3 is 1.71 bits per heavy atom. The fraction of sp³-hybridized carbons (Fsp3) is 1.00. The summed E-state index contributed by atoms with van der Waals surface area (Å²) in [5, 5.41) is 0. The lowest BCUT2D eigenvalue weighted by molar-refractivity contribution is 0.349. The van der Waals surface area contributed by atoms with Crippen LogP contribution in [0.1, 0.15) is 66.7 Å². The predicted molar refractivity (Wildman–Crippen MR) is 79.3 cm³/mol. The SMILES string of the molecule is CCCCP(=O)(CCCC)N(CCC)C(C)C. The van der Waals surface area contributed by atoms with E-state index in [1.54, 1.807) is 0 Å². The van der Waals surface area contributed by atoms with Crippen LogP contribution in [0, 0.1) is 0 Å². The van der Waals surface area contributed by atoms with Crippen LogP contribution in [0.25, 0.3) is 0 Å². The third-order valence-electron chi connectivity index (χ3n) is 3.24. The molecule has 17 heavy (non-hydrogen) atoms. The summed E-state index contributed by atoms with van der Waals surface area (Å²) in [7, 11) is -2.10. The van der Waals surface area contributed by atoms with Crippen molar-refractivity contribution in [3.05, 3.63) is 0 Å². The van der Waals surface area contributed by atoms with Crippen molar-refractivity contribution in [2.45, 2.75) is 72.8 Å². The molecule has 0 aliphatic rings. The van der Waals surface area contributed by atoms with Crippen LogP contribution < -0.4 is 0 Å². The molecule has 3 heteroatoms. The molecule has 0 heterocycles. The minimum Gasteiger partial charge on any atom is -0.307 e. The first kappa shape index (κ1) is 17.2. The summed E-state index contributed by atoms with van der Waals surface area (Å²) in [6.07, 6.45) is 7.44. The van der Waals surface area contributed by atoms with Gasteiger partial charge in [-0.2, -0.15) is 0 Å². The molecule has 0 unspecified atom stereocenters. The van der Waals surface area contributed by atoms with Crippen LogP contribution in [0.2, 0.25) is 0 Å². The zero-order chi connectivity index (χ0) is 13.3. The van der Waals surface area contributed by atoms with Gasteiger partial charge in [0, 0.05) is 24.9 Å². The summed E-state index contributed by atoms with van der Waals surface area (Å²) < 4.78 is 15.5. The maximum Gasteiger partial charge on any atom is 0.150 e. The Morgan fingerprint density at radius 2 is 1.41 bits per heavy atom. The number of unbranched alkanes of at least 4 members (excludes halogenated alkanes) is 2. The number of nitrogens with zero attached hydrogens (tertiary/aromatic N) is 1. The normalized spacial score (nSPS) is 12.6. The first-order valence-electron chi connectivity index (χ1n) is 7.37. The Balaban J connectivity index is 4.75. The molecular formula is C14H32NOP. The highest BCUT2D eigenvalue weighted by atomic mass is 31.2. The summed E-state index contributed by atoms with van der Waals surface area (Å²) >= 11 is 0. The van der Waals surface area contributed by atoms with Gasteiger partial charge in [-0.15, -0.1) is 0 Å². The summed E-state index contributed by atoms with van der Waals surface area (Å²) in [4.78, 5) is 0. The molecule has 0 rings (SSSR count). The molecule has 0 aliphatic heterocycles. The van der Waals surface area contributed by atoms with Crippen molar-refractivity contribution in [3.8, 4) is 0 Å². The predicted octanol–water partition coefficient (Wildman–Crippen LogP) is 4.99. The molecular weight excluding hydrogens is 229 g/mol. The van der Waals surface area contributed by atoms with Gasteiger partial charge in [0.2, 0.25) is 0 Å². The Bertz CT molecular complexity index is 216. The minimum absolute atomic E-state index is 0.412. The third kappa shape index (κ3) is 6.06. The maximum atomic E-state index is 13.2. The molecule has 0 atom stereocenters. The molecule has 2 nitrogen and oxygen atoms in total. The van der Waals surface area contributed by atoms with Crippen LogP contribution in [0.3, 0.4) is 0 Å². The fourth-order valence-electron chi connectivity index (χ4n) is 2.27. The Hall–Kier alpha value is 0.190. The second-order valence-corrected chi connectivity index (χ2v) is 8.36. The van der Waals surface area contributed by atoms with E-state index in [1.807, 2.05) is 0 Å². The van der Waals surface area contributed by atoms with Crippen LogP contribution in [0.4, 0.5) is 0 Å². The fourth-order valence-corrected chi connectivity index (χ4v) is 6.03. The Kier molecular flexibility index (Phi) is 9.27. The van der Waals surface area contributed by atoms with Crippen molar-refractivity contribution < 1.29 is 4.57 Å². The van der Waals surface area contributed by atoms with Crippen LogP contribution in [0.15, 0.2) is 0 Å². The molecule has 0 spiro atoms. The highest BCUT2D eigenvalue weighted by molar-refractivity contribution is 7.61. The van der Waals surface area contributed by atoms with E-state index in [0.29, 0.717) is 6.04 Å². The van der Waals surface area contributed by atoms with Crippen molar-refractivity contribution in [1.29, 1.82) is 0 Å². The second kappa shape index (κ2) is 9.16. The largest absolute Gasteiger partial charge is 0.307 e. The molecule has 0 bridgehead atoms. The lowest BCUT2D eigenvalue weighted by atomic mass is 10.4. The molecule has 0 saturated heterocycles. The van der Waals surface area contributed by atoms with Crippen LogP contribution in [-0.4, -0.2) is 29.6 Å². The van der Waals surface area contributed by atoms with Crippen molar-refractivity contribution in [2.24, 2.45) is 0 Å². The molecule has 0 saturated carbocycles. The van der Waals surface area contributed by atoms with Gasteiger partial charge in [-0.1, -0.05) is 33.6 Å². The van der Waals surface area contributed by atoms with Gasteiger partial charge in [0.15, 0.2) is 7.29 Å². The van der Waals surface area contributed by atoms with Gasteiger partial charge < -0.3 is 4.57 Å². The molecule has 0 N–H and O–H groups in total. The van der Waals surface area contributed by atoms with E-state index in [1.165, 1.54) is 0 Å². The van der Waals surface area contributed by atoms with Crippen LogP contribution in [-0.2, 0) is 4.57 Å². The van der Waals surface area contributed by atoms with Gasteiger partial charge in [0.05, 0.1) is 0 Å². The van der Waals surface area contributed by atoms with Gasteiger partial charge >= 0.3 is 0 Å². The van der Waals surface area contributed by atoms with Crippen LogP contribution in [0.5, 0.6) is 0 Å². The molecule has 0 aromatic heterocycles.